The van der Waals surface area contributed by atoms with E-state index in [4.69, 9.17) is 5.73 Å². The number of amides is 1. The minimum Gasteiger partial charge on any atom is -0.368 e. The van der Waals surface area contributed by atoms with Crippen LogP contribution >= 0.6 is 0 Å². The molecule has 0 aliphatic heterocycles. The van der Waals surface area contributed by atoms with Crippen molar-refractivity contribution < 1.29 is 4.79 Å². The van der Waals surface area contributed by atoms with Gasteiger partial charge in [0.15, 0.2) is 0 Å². The zero-order valence-electron chi connectivity index (χ0n) is 15.4. The van der Waals surface area contributed by atoms with Gasteiger partial charge < -0.3 is 11.1 Å². The van der Waals surface area contributed by atoms with E-state index in [1.807, 2.05) is 61.5 Å². The molecule has 4 aromatic rings. The maximum Gasteiger partial charge on any atom is 0.251 e. The smallest absolute Gasteiger partial charge is 0.251 e. The van der Waals surface area contributed by atoms with Crippen LogP contribution in [0.1, 0.15) is 21.6 Å². The van der Waals surface area contributed by atoms with Crippen LogP contribution in [0.4, 0.5) is 5.95 Å². The molecular weight excluding hydrogens is 350 g/mol. The number of hydrogen-bond acceptors (Lipinski definition) is 5. The fourth-order valence-electron chi connectivity index (χ4n) is 3.07. The highest BCUT2D eigenvalue weighted by atomic mass is 16.1. The third kappa shape index (κ3) is 3.66. The molecule has 28 heavy (non-hydrogen) atoms. The van der Waals surface area contributed by atoms with E-state index in [0.717, 1.165) is 33.3 Å². The molecular formula is C22H19N5O. The number of nitrogens with one attached hydrogen (secondary N) is 1. The van der Waals surface area contributed by atoms with Crippen LogP contribution in [0.5, 0.6) is 0 Å². The maximum absolute atomic E-state index is 12.6. The number of aryl methyl sites for hydroxylation is 1. The van der Waals surface area contributed by atoms with E-state index in [1.165, 1.54) is 0 Å². The van der Waals surface area contributed by atoms with E-state index >= 15 is 0 Å². The zero-order valence-corrected chi connectivity index (χ0v) is 15.4. The van der Waals surface area contributed by atoms with Gasteiger partial charge in [-0.1, -0.05) is 18.2 Å². The molecule has 0 spiro atoms. The standard InChI is InChI=1S/C22H19N5O/c1-14-5-6-16(21(28)25-13-18-4-2-3-9-24-18)11-19(14)15-7-8-20-17(10-15)12-26-22(23)27-20/h2-12H,13H2,1H3,(H,25,28)(H2,23,26,27). The van der Waals surface area contributed by atoms with E-state index in [2.05, 4.69) is 20.3 Å². The van der Waals surface area contributed by atoms with Gasteiger partial charge in [-0.3, -0.25) is 9.78 Å². The first-order valence-corrected chi connectivity index (χ1v) is 8.91. The Labute approximate surface area is 162 Å². The van der Waals surface area contributed by atoms with E-state index in [0.29, 0.717) is 12.1 Å². The number of carbonyl (C=O) groups is 1. The topological polar surface area (TPSA) is 93.8 Å². The number of carbonyl (C=O) groups excluding carboxylic acids is 1. The Kier molecular flexibility index (Phi) is 4.68. The van der Waals surface area contributed by atoms with Crippen LogP contribution in [-0.4, -0.2) is 20.9 Å². The molecule has 6 heteroatoms. The lowest BCUT2D eigenvalue weighted by atomic mass is 9.97. The number of hydrogen-bond donors (Lipinski definition) is 2. The third-order valence-electron chi connectivity index (χ3n) is 4.57. The summed E-state index contributed by atoms with van der Waals surface area (Å²) in [7, 11) is 0. The number of nitrogens with zero attached hydrogens (tertiary/aromatic N) is 3. The molecule has 138 valence electrons. The number of aromatic nitrogens is 3. The lowest BCUT2D eigenvalue weighted by molar-refractivity contribution is 0.0950. The van der Waals surface area contributed by atoms with Crippen LogP contribution in [-0.2, 0) is 6.54 Å². The number of anilines is 1. The number of nitrogens with two attached hydrogens (primary N) is 1. The van der Waals surface area contributed by atoms with Crippen molar-refractivity contribution in [2.75, 3.05) is 5.73 Å². The van der Waals surface area contributed by atoms with Crippen LogP contribution < -0.4 is 11.1 Å². The van der Waals surface area contributed by atoms with E-state index in [9.17, 15) is 4.79 Å². The molecule has 2 aromatic carbocycles. The van der Waals surface area contributed by atoms with Crippen LogP contribution in [0, 0.1) is 6.92 Å². The van der Waals surface area contributed by atoms with Crippen molar-refractivity contribution >= 4 is 22.8 Å². The van der Waals surface area contributed by atoms with E-state index in [1.54, 1.807) is 12.4 Å². The largest absolute Gasteiger partial charge is 0.368 e. The SMILES string of the molecule is Cc1ccc(C(=O)NCc2ccccn2)cc1-c1ccc2nc(N)ncc2c1. The number of fused-ring (bicyclic) bond motifs is 1. The molecule has 0 aliphatic carbocycles. The monoisotopic (exact) mass is 369 g/mol. The van der Waals surface area contributed by atoms with Crippen molar-refractivity contribution in [1.29, 1.82) is 0 Å². The van der Waals surface area contributed by atoms with Gasteiger partial charge >= 0.3 is 0 Å². The summed E-state index contributed by atoms with van der Waals surface area (Å²) in [4.78, 5) is 25.1. The molecule has 0 saturated heterocycles. The summed E-state index contributed by atoms with van der Waals surface area (Å²) in [5.74, 6) is 0.117. The summed E-state index contributed by atoms with van der Waals surface area (Å²) in [5.41, 5.74) is 10.9. The molecule has 0 saturated carbocycles. The molecule has 1 amide bonds. The fourth-order valence-corrected chi connectivity index (χ4v) is 3.07. The Bertz CT molecular complexity index is 1160. The van der Waals surface area contributed by atoms with Gasteiger partial charge in [0.05, 0.1) is 17.8 Å². The molecule has 0 aliphatic rings. The second-order valence-electron chi connectivity index (χ2n) is 6.54. The van der Waals surface area contributed by atoms with Crippen molar-refractivity contribution in [3.8, 4) is 11.1 Å². The normalized spacial score (nSPS) is 10.8. The average molecular weight is 369 g/mol. The Morgan fingerprint density at radius 1 is 1.07 bits per heavy atom. The summed E-state index contributed by atoms with van der Waals surface area (Å²) in [5, 5.41) is 3.81. The van der Waals surface area contributed by atoms with Crippen LogP contribution in [0.2, 0.25) is 0 Å². The highest BCUT2D eigenvalue weighted by Crippen LogP contribution is 2.27. The quantitative estimate of drug-likeness (QED) is 0.574. The van der Waals surface area contributed by atoms with Crippen molar-refractivity contribution in [3.63, 3.8) is 0 Å². The molecule has 2 heterocycles. The summed E-state index contributed by atoms with van der Waals surface area (Å²) in [6.07, 6.45) is 3.42. The van der Waals surface area contributed by atoms with Gasteiger partial charge in [-0.15, -0.1) is 0 Å². The lowest BCUT2D eigenvalue weighted by Crippen LogP contribution is -2.23. The van der Waals surface area contributed by atoms with Crippen molar-refractivity contribution in [2.24, 2.45) is 0 Å². The molecule has 6 nitrogen and oxygen atoms in total. The number of pyridine rings is 1. The van der Waals surface area contributed by atoms with Crippen molar-refractivity contribution in [3.05, 3.63) is 83.8 Å². The minimum absolute atomic E-state index is 0.135. The molecule has 0 bridgehead atoms. The second kappa shape index (κ2) is 7.44. The lowest BCUT2D eigenvalue weighted by Gasteiger charge is -2.11. The number of benzene rings is 2. The summed E-state index contributed by atoms with van der Waals surface area (Å²) < 4.78 is 0. The van der Waals surface area contributed by atoms with Crippen LogP contribution in [0.15, 0.2) is 67.0 Å². The van der Waals surface area contributed by atoms with Gasteiger partial charge in [-0.05, 0) is 60.0 Å². The van der Waals surface area contributed by atoms with Crippen LogP contribution in [0.25, 0.3) is 22.0 Å². The van der Waals surface area contributed by atoms with Gasteiger partial charge in [0, 0.05) is 23.3 Å². The Morgan fingerprint density at radius 2 is 1.96 bits per heavy atom. The van der Waals surface area contributed by atoms with E-state index in [-0.39, 0.29) is 11.9 Å². The van der Waals surface area contributed by atoms with Gasteiger partial charge in [-0.25, -0.2) is 9.97 Å². The second-order valence-corrected chi connectivity index (χ2v) is 6.54. The first-order chi connectivity index (χ1) is 13.6. The summed E-state index contributed by atoms with van der Waals surface area (Å²) >= 11 is 0. The molecule has 0 radical (unpaired) electrons. The molecule has 0 fully saturated rings. The fraction of sp³-hybridized carbons (Fsp3) is 0.0909. The number of rotatable bonds is 4. The first-order valence-electron chi connectivity index (χ1n) is 8.91. The Hall–Kier alpha value is -3.80. The van der Waals surface area contributed by atoms with Crippen LogP contribution in [0.3, 0.4) is 0 Å². The Morgan fingerprint density at radius 3 is 2.79 bits per heavy atom. The highest BCUT2D eigenvalue weighted by molar-refractivity contribution is 5.96. The zero-order chi connectivity index (χ0) is 19.5. The predicted octanol–water partition coefficient (Wildman–Crippen LogP) is 3.51. The average Bonchev–Trinajstić information content (AvgIpc) is 2.73. The van der Waals surface area contributed by atoms with E-state index < -0.39 is 0 Å². The van der Waals surface area contributed by atoms with Gasteiger partial charge in [-0.2, -0.15) is 0 Å². The molecule has 3 N–H and O–H groups in total. The molecule has 2 aromatic heterocycles. The molecule has 0 atom stereocenters. The third-order valence-corrected chi connectivity index (χ3v) is 4.57. The number of nitrogen functional groups attached to an aromatic ring is 1. The summed E-state index contributed by atoms with van der Waals surface area (Å²) in [6.45, 7) is 2.41. The van der Waals surface area contributed by atoms with Crippen molar-refractivity contribution in [2.45, 2.75) is 13.5 Å². The summed E-state index contributed by atoms with van der Waals surface area (Å²) in [6, 6.07) is 17.2. The van der Waals surface area contributed by atoms with Crippen molar-refractivity contribution in [1.82, 2.24) is 20.3 Å². The Balaban J connectivity index is 1.61. The van der Waals surface area contributed by atoms with Gasteiger partial charge in [0.1, 0.15) is 0 Å². The maximum atomic E-state index is 12.6. The van der Waals surface area contributed by atoms with Gasteiger partial charge in [0.25, 0.3) is 5.91 Å². The molecule has 0 unspecified atom stereocenters. The highest BCUT2D eigenvalue weighted by Gasteiger charge is 2.10. The minimum atomic E-state index is -0.135. The molecule has 4 rings (SSSR count). The van der Waals surface area contributed by atoms with Gasteiger partial charge in [0.2, 0.25) is 5.95 Å². The first kappa shape index (κ1) is 17.6. The predicted molar refractivity (Wildman–Crippen MR) is 110 cm³/mol.